The maximum atomic E-state index is 12.6. The number of hydrogen-bond acceptors (Lipinski definition) is 8. The van der Waals surface area contributed by atoms with Gasteiger partial charge in [-0.15, -0.1) is 0 Å². The molecule has 0 aromatic rings. The zero-order valence-corrected chi connectivity index (χ0v) is 36.9. The van der Waals surface area contributed by atoms with E-state index in [1.54, 1.807) is 4.90 Å². The van der Waals surface area contributed by atoms with Crippen molar-refractivity contribution in [2.75, 3.05) is 40.5 Å². The molecular weight excluding hydrogens is 737 g/mol. The SMILES string of the molecule is CC/C=C\C/C=C\C/C=C\C/C=C\CCCCCCC(=O)OC(COC(=O)CCC/C=C\C/C=C\C/C=C\C/C=C\CCCCC)COP(=O)(O)OCCN(C)C. The lowest BCUT2D eigenvalue weighted by molar-refractivity contribution is -0.161. The third kappa shape index (κ3) is 42.4. The minimum absolute atomic E-state index is 0.0120. The van der Waals surface area contributed by atoms with E-state index in [9.17, 15) is 19.0 Å². The highest BCUT2D eigenvalue weighted by Gasteiger charge is 2.26. The van der Waals surface area contributed by atoms with E-state index in [2.05, 4.69) is 111 Å². The van der Waals surface area contributed by atoms with Crippen LogP contribution in [0, 0.1) is 0 Å². The van der Waals surface area contributed by atoms with Crippen molar-refractivity contribution in [1.29, 1.82) is 0 Å². The molecule has 0 heterocycles. The number of nitrogens with zero attached hydrogens (tertiary/aromatic N) is 1. The Balaban J connectivity index is 4.47. The van der Waals surface area contributed by atoms with E-state index in [1.165, 1.54) is 25.7 Å². The van der Waals surface area contributed by atoms with Crippen molar-refractivity contribution in [3.63, 3.8) is 0 Å². The predicted octanol–water partition coefficient (Wildman–Crippen LogP) is 12.4. The average Bonchev–Trinajstić information content (AvgIpc) is 3.18. The molecule has 2 unspecified atom stereocenters. The van der Waals surface area contributed by atoms with Gasteiger partial charge in [-0.3, -0.25) is 18.6 Å². The number of rotatable bonds is 38. The summed E-state index contributed by atoms with van der Waals surface area (Å²) < 4.78 is 33.4. The van der Waals surface area contributed by atoms with Gasteiger partial charge in [-0.2, -0.15) is 0 Å². The van der Waals surface area contributed by atoms with Crippen LogP contribution >= 0.6 is 7.82 Å². The Labute approximate surface area is 347 Å². The molecule has 0 bridgehead atoms. The highest BCUT2D eigenvalue weighted by Crippen LogP contribution is 2.43. The maximum absolute atomic E-state index is 12.6. The predicted molar refractivity (Wildman–Crippen MR) is 238 cm³/mol. The number of carbonyl (C=O) groups excluding carboxylic acids is 2. The maximum Gasteiger partial charge on any atom is 0.472 e. The Morgan fingerprint density at radius 3 is 1.53 bits per heavy atom. The molecule has 1 N–H and O–H groups in total. The standard InChI is InChI=1S/C47H78NO8P/c1-5-7-9-11-13-15-17-19-21-23-25-27-29-31-33-35-37-39-46(49)53-43-45(44-55-57(51,52)54-42-41-48(3)4)56-47(50)40-38-36-34-32-30-28-26-24-22-20-18-16-14-12-10-8-6-2/h8,10,13-16,19-22,25-28,31,33,45H,5-7,9,11-12,17-18,23-24,29-30,32,34-44H2,1-4H3,(H,51,52)/b10-8-,15-13-,16-14-,21-19-,22-20-,27-25-,28-26-,33-31-. The van der Waals surface area contributed by atoms with E-state index >= 15 is 0 Å². The molecule has 0 aliphatic carbocycles. The fraction of sp³-hybridized carbons (Fsp3) is 0.617. The third-order valence-corrected chi connectivity index (χ3v) is 9.36. The van der Waals surface area contributed by atoms with E-state index in [1.807, 2.05) is 14.1 Å². The summed E-state index contributed by atoms with van der Waals surface area (Å²) in [6.45, 7) is 4.06. The van der Waals surface area contributed by atoms with Crippen LogP contribution in [0.4, 0.5) is 0 Å². The summed E-state index contributed by atoms with van der Waals surface area (Å²) >= 11 is 0. The van der Waals surface area contributed by atoms with Gasteiger partial charge >= 0.3 is 19.8 Å². The lowest BCUT2D eigenvalue weighted by Crippen LogP contribution is -2.29. The number of carbonyl (C=O) groups is 2. The number of allylic oxidation sites excluding steroid dienone is 16. The second-order valence-electron chi connectivity index (χ2n) is 14.1. The first-order chi connectivity index (χ1) is 27.7. The summed E-state index contributed by atoms with van der Waals surface area (Å²) in [5.74, 6) is -0.907. The molecule has 0 aliphatic heterocycles. The van der Waals surface area contributed by atoms with E-state index in [0.717, 1.165) is 77.0 Å². The van der Waals surface area contributed by atoms with Crippen molar-refractivity contribution in [1.82, 2.24) is 4.90 Å². The molecule has 324 valence electrons. The van der Waals surface area contributed by atoms with Crippen molar-refractivity contribution < 1.29 is 37.6 Å². The van der Waals surface area contributed by atoms with Gasteiger partial charge in [0.25, 0.3) is 0 Å². The van der Waals surface area contributed by atoms with Crippen LogP contribution in [0.25, 0.3) is 0 Å². The monoisotopic (exact) mass is 816 g/mol. The molecule has 57 heavy (non-hydrogen) atoms. The number of esters is 2. The molecule has 0 amide bonds. The number of likely N-dealkylation sites (N-methyl/N-ethyl adjacent to an activating group) is 1. The number of unbranched alkanes of at least 4 members (excludes halogenated alkanes) is 8. The highest BCUT2D eigenvalue weighted by atomic mass is 31.2. The zero-order valence-electron chi connectivity index (χ0n) is 36.0. The molecule has 0 saturated heterocycles. The highest BCUT2D eigenvalue weighted by molar-refractivity contribution is 7.47. The average molecular weight is 816 g/mol. The largest absolute Gasteiger partial charge is 0.472 e. The number of phosphoric ester groups is 1. The third-order valence-electron chi connectivity index (χ3n) is 8.37. The van der Waals surface area contributed by atoms with Crippen molar-refractivity contribution in [3.8, 4) is 0 Å². The van der Waals surface area contributed by atoms with E-state index in [-0.39, 0.29) is 26.1 Å². The van der Waals surface area contributed by atoms with Crippen LogP contribution in [-0.2, 0) is 32.7 Å². The van der Waals surface area contributed by atoms with Gasteiger partial charge in [-0.25, -0.2) is 4.57 Å². The van der Waals surface area contributed by atoms with Crippen LogP contribution in [0.2, 0.25) is 0 Å². The van der Waals surface area contributed by atoms with Crippen molar-refractivity contribution in [2.45, 2.75) is 148 Å². The molecule has 0 rings (SSSR count). The van der Waals surface area contributed by atoms with Crippen LogP contribution in [0.5, 0.6) is 0 Å². The Hall–Kier alpha value is -3.07. The van der Waals surface area contributed by atoms with Crippen LogP contribution < -0.4 is 0 Å². The van der Waals surface area contributed by atoms with Crippen molar-refractivity contribution >= 4 is 19.8 Å². The summed E-state index contributed by atoms with van der Waals surface area (Å²) in [6, 6.07) is 0. The van der Waals surface area contributed by atoms with E-state index in [4.69, 9.17) is 18.5 Å². The summed E-state index contributed by atoms with van der Waals surface area (Å²) in [4.78, 5) is 37.0. The van der Waals surface area contributed by atoms with E-state index in [0.29, 0.717) is 19.4 Å². The smallest absolute Gasteiger partial charge is 0.462 e. The minimum Gasteiger partial charge on any atom is -0.462 e. The number of hydrogen-bond donors (Lipinski definition) is 1. The molecule has 0 radical (unpaired) electrons. The topological polar surface area (TPSA) is 112 Å². The number of ether oxygens (including phenoxy) is 2. The van der Waals surface area contributed by atoms with Gasteiger partial charge < -0.3 is 19.3 Å². The van der Waals surface area contributed by atoms with Gasteiger partial charge in [0.2, 0.25) is 0 Å². The molecule has 0 aromatic heterocycles. The van der Waals surface area contributed by atoms with E-state index < -0.39 is 32.5 Å². The van der Waals surface area contributed by atoms with Crippen molar-refractivity contribution in [2.24, 2.45) is 0 Å². The van der Waals surface area contributed by atoms with Gasteiger partial charge in [0.1, 0.15) is 6.61 Å². The quantitative estimate of drug-likeness (QED) is 0.0282. The first-order valence-electron chi connectivity index (χ1n) is 21.5. The molecule has 9 nitrogen and oxygen atoms in total. The molecule has 0 saturated carbocycles. The van der Waals surface area contributed by atoms with Gasteiger partial charge in [-0.05, 0) is 104 Å². The second kappa shape index (κ2) is 41.1. The normalized spacial score (nSPS) is 14.4. The van der Waals surface area contributed by atoms with Gasteiger partial charge in [0, 0.05) is 19.4 Å². The van der Waals surface area contributed by atoms with Gasteiger partial charge in [0.05, 0.1) is 13.2 Å². The number of phosphoric acid groups is 1. The Morgan fingerprint density at radius 1 is 0.561 bits per heavy atom. The summed E-state index contributed by atoms with van der Waals surface area (Å²) in [5.41, 5.74) is 0. The Kier molecular flexibility index (Phi) is 38.9. The first kappa shape index (κ1) is 53.9. The summed E-state index contributed by atoms with van der Waals surface area (Å²) in [6.07, 6.45) is 51.7. The van der Waals surface area contributed by atoms with Crippen molar-refractivity contribution in [3.05, 3.63) is 97.2 Å². The molecule has 0 spiro atoms. The molecule has 10 heteroatoms. The Morgan fingerprint density at radius 2 is 1.02 bits per heavy atom. The lowest BCUT2D eigenvalue weighted by atomic mass is 10.1. The van der Waals surface area contributed by atoms with Gasteiger partial charge in [-0.1, -0.05) is 137 Å². The summed E-state index contributed by atoms with van der Waals surface area (Å²) in [7, 11) is -0.763. The van der Waals surface area contributed by atoms with Crippen LogP contribution in [0.15, 0.2) is 97.2 Å². The Bertz CT molecular complexity index is 1260. The van der Waals surface area contributed by atoms with Gasteiger partial charge in [0.15, 0.2) is 6.10 Å². The molecular formula is C47H78NO8P. The molecule has 0 aromatic carbocycles. The summed E-state index contributed by atoms with van der Waals surface area (Å²) in [5, 5.41) is 0. The lowest BCUT2D eigenvalue weighted by Gasteiger charge is -2.20. The minimum atomic E-state index is -4.39. The van der Waals surface area contributed by atoms with Crippen LogP contribution in [0.3, 0.4) is 0 Å². The second-order valence-corrected chi connectivity index (χ2v) is 15.6. The first-order valence-corrected chi connectivity index (χ1v) is 23.0. The molecule has 2 atom stereocenters. The zero-order chi connectivity index (χ0) is 41.9. The fourth-order valence-corrected chi connectivity index (χ4v) is 5.82. The van der Waals surface area contributed by atoms with Crippen LogP contribution in [-0.4, -0.2) is 68.3 Å². The molecule has 0 fully saturated rings. The van der Waals surface area contributed by atoms with Crippen LogP contribution in [0.1, 0.15) is 142 Å². The molecule has 0 aliphatic rings. The fourth-order valence-electron chi connectivity index (χ4n) is 5.08.